The molecule has 5 nitrogen and oxygen atoms in total. The zero-order valence-corrected chi connectivity index (χ0v) is 12.9. The van der Waals surface area contributed by atoms with E-state index < -0.39 is 0 Å². The maximum absolute atomic E-state index is 12.0. The van der Waals surface area contributed by atoms with Crippen LogP contribution in [0.5, 0.6) is 0 Å². The minimum atomic E-state index is -0.104. The molecular formula is C17H21N3O2. The van der Waals surface area contributed by atoms with Crippen molar-refractivity contribution in [1.29, 1.82) is 5.26 Å². The van der Waals surface area contributed by atoms with Crippen LogP contribution in [-0.4, -0.2) is 30.6 Å². The van der Waals surface area contributed by atoms with Crippen molar-refractivity contribution in [2.45, 2.75) is 26.2 Å². The number of rotatable bonds is 5. The third-order valence-electron chi connectivity index (χ3n) is 3.75. The van der Waals surface area contributed by atoms with Gasteiger partial charge < -0.3 is 9.64 Å². The van der Waals surface area contributed by atoms with Gasteiger partial charge in [-0.2, -0.15) is 5.26 Å². The van der Waals surface area contributed by atoms with Gasteiger partial charge in [-0.1, -0.05) is 19.1 Å². The van der Waals surface area contributed by atoms with Crippen molar-refractivity contribution in [2.24, 2.45) is 5.92 Å². The van der Waals surface area contributed by atoms with E-state index in [2.05, 4.69) is 16.0 Å². The van der Waals surface area contributed by atoms with Crippen LogP contribution in [0.1, 0.15) is 31.7 Å². The number of nitrogens with zero attached hydrogens (tertiary/aromatic N) is 3. The number of piperidine rings is 1. The molecule has 0 N–H and O–H groups in total. The maximum Gasteiger partial charge on any atom is 0.309 e. The number of nitriles is 1. The minimum absolute atomic E-state index is 0.0235. The molecule has 1 saturated heterocycles. The van der Waals surface area contributed by atoms with Crippen molar-refractivity contribution in [2.75, 3.05) is 24.6 Å². The highest BCUT2D eigenvalue weighted by Crippen LogP contribution is 2.22. The van der Waals surface area contributed by atoms with Gasteiger partial charge in [0.2, 0.25) is 0 Å². The highest BCUT2D eigenvalue weighted by molar-refractivity contribution is 5.73. The van der Waals surface area contributed by atoms with Gasteiger partial charge in [0.25, 0.3) is 0 Å². The van der Waals surface area contributed by atoms with E-state index in [4.69, 9.17) is 10.00 Å². The third kappa shape index (κ3) is 4.32. The summed E-state index contributed by atoms with van der Waals surface area (Å²) >= 11 is 0. The zero-order chi connectivity index (χ0) is 15.8. The van der Waals surface area contributed by atoms with E-state index in [1.807, 2.05) is 25.1 Å². The fraction of sp³-hybridized carbons (Fsp3) is 0.471. The molecule has 1 fully saturated rings. The molecule has 2 heterocycles. The van der Waals surface area contributed by atoms with Gasteiger partial charge in [0, 0.05) is 19.3 Å². The van der Waals surface area contributed by atoms with Crippen molar-refractivity contribution in [3.05, 3.63) is 36.0 Å². The second-order valence-corrected chi connectivity index (χ2v) is 5.29. The van der Waals surface area contributed by atoms with Gasteiger partial charge in [-0.25, -0.2) is 4.98 Å². The summed E-state index contributed by atoms with van der Waals surface area (Å²) < 4.78 is 5.26. The van der Waals surface area contributed by atoms with Crippen LogP contribution < -0.4 is 4.90 Å². The molecule has 1 aromatic heterocycles. The Morgan fingerprint density at radius 2 is 2.23 bits per heavy atom. The van der Waals surface area contributed by atoms with E-state index in [1.165, 1.54) is 0 Å². The van der Waals surface area contributed by atoms with Crippen LogP contribution in [0.25, 0.3) is 0 Å². The zero-order valence-electron chi connectivity index (χ0n) is 12.9. The summed E-state index contributed by atoms with van der Waals surface area (Å²) in [5.74, 6) is 0.731. The van der Waals surface area contributed by atoms with Gasteiger partial charge in [0.15, 0.2) is 0 Å². The van der Waals surface area contributed by atoms with Crippen molar-refractivity contribution in [3.8, 4) is 6.07 Å². The Kier molecular flexibility index (Phi) is 5.96. The number of carbonyl (C=O) groups is 1. The summed E-state index contributed by atoms with van der Waals surface area (Å²) in [4.78, 5) is 18.4. The van der Waals surface area contributed by atoms with E-state index in [0.717, 1.165) is 38.2 Å². The molecule has 0 unspecified atom stereocenters. The van der Waals surface area contributed by atoms with Crippen molar-refractivity contribution in [3.63, 3.8) is 0 Å². The van der Waals surface area contributed by atoms with Gasteiger partial charge in [-0.15, -0.1) is 0 Å². The first kappa shape index (κ1) is 16.0. The average molecular weight is 299 g/mol. The largest absolute Gasteiger partial charge is 0.461 e. The lowest BCUT2D eigenvalue weighted by atomic mass is 9.97. The average Bonchev–Trinajstić information content (AvgIpc) is 2.59. The van der Waals surface area contributed by atoms with E-state index in [1.54, 1.807) is 12.3 Å². The normalized spacial score (nSPS) is 15.7. The second kappa shape index (κ2) is 8.18. The molecule has 22 heavy (non-hydrogen) atoms. The van der Waals surface area contributed by atoms with E-state index in [0.29, 0.717) is 12.2 Å². The Labute approximate surface area is 131 Å². The minimum Gasteiger partial charge on any atom is -0.461 e. The number of hydrogen-bond acceptors (Lipinski definition) is 5. The summed E-state index contributed by atoms with van der Waals surface area (Å²) in [6, 6.07) is 5.68. The topological polar surface area (TPSA) is 66.2 Å². The summed E-state index contributed by atoms with van der Waals surface area (Å²) in [5.41, 5.74) is 0.558. The molecule has 1 aromatic rings. The highest BCUT2D eigenvalue weighted by atomic mass is 16.5. The molecule has 0 amide bonds. The first-order valence-corrected chi connectivity index (χ1v) is 7.67. The Balaban J connectivity index is 1.80. The molecule has 2 rings (SSSR count). The van der Waals surface area contributed by atoms with Gasteiger partial charge in [-0.05, 0) is 31.4 Å². The lowest BCUT2D eigenvalue weighted by molar-refractivity contribution is -0.147. The third-order valence-corrected chi connectivity index (χ3v) is 3.75. The number of anilines is 1. The Bertz CT molecular complexity index is 552. The quantitative estimate of drug-likeness (QED) is 0.617. The number of esters is 1. The van der Waals surface area contributed by atoms with Gasteiger partial charge in [0.05, 0.1) is 11.5 Å². The van der Waals surface area contributed by atoms with E-state index in [-0.39, 0.29) is 11.9 Å². The smallest absolute Gasteiger partial charge is 0.309 e. The molecule has 0 bridgehead atoms. The van der Waals surface area contributed by atoms with Crippen molar-refractivity contribution in [1.82, 2.24) is 4.98 Å². The molecule has 0 aromatic carbocycles. The predicted octanol–water partition coefficient (Wildman–Crippen LogP) is 2.68. The molecule has 0 aliphatic carbocycles. The first-order chi connectivity index (χ1) is 10.7. The molecule has 116 valence electrons. The fourth-order valence-corrected chi connectivity index (χ4v) is 2.47. The van der Waals surface area contributed by atoms with Crippen molar-refractivity contribution >= 4 is 11.8 Å². The monoisotopic (exact) mass is 299 g/mol. The van der Waals surface area contributed by atoms with Gasteiger partial charge in [0.1, 0.15) is 18.5 Å². The summed E-state index contributed by atoms with van der Waals surface area (Å²) in [6.07, 6.45) is 7.96. The molecule has 0 spiro atoms. The van der Waals surface area contributed by atoms with Crippen LogP contribution in [0, 0.1) is 17.2 Å². The number of allylic oxidation sites excluding steroid dienone is 1. The van der Waals surface area contributed by atoms with E-state index >= 15 is 0 Å². The Morgan fingerprint density at radius 1 is 1.45 bits per heavy atom. The van der Waals surface area contributed by atoms with Crippen LogP contribution in [0.4, 0.5) is 5.82 Å². The number of carbonyl (C=O) groups excluding carboxylic acids is 1. The number of pyridine rings is 1. The molecular weight excluding hydrogens is 278 g/mol. The van der Waals surface area contributed by atoms with Gasteiger partial charge >= 0.3 is 5.97 Å². The predicted molar refractivity (Wildman–Crippen MR) is 84.3 cm³/mol. The van der Waals surface area contributed by atoms with Crippen molar-refractivity contribution < 1.29 is 9.53 Å². The summed E-state index contributed by atoms with van der Waals surface area (Å²) in [6.45, 7) is 3.97. The Hall–Kier alpha value is -2.35. The SMILES string of the molecule is CC/C=C\COC(=O)C1CCN(c2ccc(C#N)cn2)CC1. The lowest BCUT2D eigenvalue weighted by Gasteiger charge is -2.31. The van der Waals surface area contributed by atoms with Crippen LogP contribution in [0.2, 0.25) is 0 Å². The number of ether oxygens (including phenoxy) is 1. The van der Waals surface area contributed by atoms with Crippen LogP contribution in [0.15, 0.2) is 30.5 Å². The first-order valence-electron chi connectivity index (χ1n) is 7.67. The summed E-state index contributed by atoms with van der Waals surface area (Å²) in [7, 11) is 0. The van der Waals surface area contributed by atoms with Gasteiger partial charge in [-0.3, -0.25) is 4.79 Å². The standard InChI is InChI=1S/C17H21N3O2/c1-2-3-4-11-22-17(21)15-7-9-20(10-8-15)16-6-5-14(12-18)13-19-16/h3-6,13,15H,2,7-11H2,1H3/b4-3-. The van der Waals surface area contributed by atoms with E-state index in [9.17, 15) is 4.79 Å². The molecule has 1 aliphatic heterocycles. The van der Waals surface area contributed by atoms with Crippen LogP contribution >= 0.6 is 0 Å². The maximum atomic E-state index is 12.0. The number of hydrogen-bond donors (Lipinski definition) is 0. The lowest BCUT2D eigenvalue weighted by Crippen LogP contribution is -2.37. The molecule has 0 atom stereocenters. The molecule has 0 radical (unpaired) electrons. The summed E-state index contributed by atoms with van der Waals surface area (Å²) in [5, 5.41) is 8.78. The Morgan fingerprint density at radius 3 is 2.82 bits per heavy atom. The molecule has 0 saturated carbocycles. The molecule has 1 aliphatic rings. The van der Waals surface area contributed by atoms with Crippen LogP contribution in [0.3, 0.4) is 0 Å². The van der Waals surface area contributed by atoms with Crippen LogP contribution in [-0.2, 0) is 9.53 Å². The molecule has 5 heteroatoms. The highest BCUT2D eigenvalue weighted by Gasteiger charge is 2.26. The number of aromatic nitrogens is 1. The fourth-order valence-electron chi connectivity index (χ4n) is 2.47. The second-order valence-electron chi connectivity index (χ2n) is 5.29.